The van der Waals surface area contributed by atoms with Gasteiger partial charge in [-0.1, -0.05) is 42.0 Å². The quantitative estimate of drug-likeness (QED) is 0.816. The van der Waals surface area contributed by atoms with Crippen LogP contribution in [-0.2, 0) is 15.1 Å². The normalized spacial score (nSPS) is 17.5. The number of nitrogens with one attached hydrogen (secondary N) is 1. The lowest BCUT2D eigenvalue weighted by molar-refractivity contribution is -0.131. The maximum Gasteiger partial charge on any atom is 0.247 e. The molecule has 4 nitrogen and oxygen atoms in total. The highest BCUT2D eigenvalue weighted by molar-refractivity contribution is 5.91. The largest absolute Gasteiger partial charge is 0.367 e. The minimum Gasteiger partial charge on any atom is -0.367 e. The van der Waals surface area contributed by atoms with Crippen molar-refractivity contribution in [3.63, 3.8) is 0 Å². The van der Waals surface area contributed by atoms with Gasteiger partial charge in [0.15, 0.2) is 0 Å². The fourth-order valence-corrected chi connectivity index (χ4v) is 2.64. The molecule has 0 unspecified atom stereocenters. The fraction of sp³-hybridized carbons (Fsp3) is 0.412. The van der Waals surface area contributed by atoms with Crippen molar-refractivity contribution in [2.75, 3.05) is 0 Å². The van der Waals surface area contributed by atoms with Crippen LogP contribution in [0.2, 0.25) is 0 Å². The number of hydrogen-bond acceptors (Lipinski definition) is 2. The number of nitrogens with two attached hydrogens (primary N) is 1. The topological polar surface area (TPSA) is 72.2 Å². The van der Waals surface area contributed by atoms with Gasteiger partial charge in [0.2, 0.25) is 11.8 Å². The van der Waals surface area contributed by atoms with Crippen molar-refractivity contribution >= 4 is 11.8 Å². The smallest absolute Gasteiger partial charge is 0.247 e. The molecule has 0 fully saturated rings. The van der Waals surface area contributed by atoms with E-state index in [0.29, 0.717) is 12.0 Å². The number of carbonyl (C=O) groups is 2. The molecule has 0 spiro atoms. The van der Waals surface area contributed by atoms with Gasteiger partial charge in [0.05, 0.1) is 0 Å². The summed E-state index contributed by atoms with van der Waals surface area (Å²) in [5.74, 6) is -0.715. The van der Waals surface area contributed by atoms with E-state index in [1.165, 1.54) is 6.42 Å². The minimum absolute atomic E-state index is 0.159. The number of amides is 2. The maximum absolute atomic E-state index is 12.2. The van der Waals surface area contributed by atoms with Crippen LogP contribution < -0.4 is 11.1 Å². The highest BCUT2D eigenvalue weighted by Gasteiger charge is 2.34. The highest BCUT2D eigenvalue weighted by Crippen LogP contribution is 2.23. The van der Waals surface area contributed by atoms with E-state index in [2.05, 4.69) is 11.4 Å². The van der Waals surface area contributed by atoms with Gasteiger partial charge in [0, 0.05) is 6.42 Å². The van der Waals surface area contributed by atoms with Crippen molar-refractivity contribution < 1.29 is 9.59 Å². The van der Waals surface area contributed by atoms with Gasteiger partial charge in [-0.05, 0) is 38.2 Å². The van der Waals surface area contributed by atoms with Gasteiger partial charge in [0.25, 0.3) is 0 Å². The molecule has 0 saturated heterocycles. The van der Waals surface area contributed by atoms with E-state index < -0.39 is 11.4 Å². The number of primary amides is 1. The number of allylic oxidation sites excluding steroid dienone is 1. The average Bonchev–Trinajstić information content (AvgIpc) is 2.48. The summed E-state index contributed by atoms with van der Waals surface area (Å²) >= 11 is 0. The molecule has 1 aliphatic carbocycles. The Bertz CT molecular complexity index is 551. The van der Waals surface area contributed by atoms with Gasteiger partial charge < -0.3 is 11.1 Å². The van der Waals surface area contributed by atoms with Crippen molar-refractivity contribution in [3.8, 4) is 0 Å². The summed E-state index contributed by atoms with van der Waals surface area (Å²) in [5, 5.41) is 2.80. The summed E-state index contributed by atoms with van der Waals surface area (Å²) in [6.45, 7) is 1.65. The minimum atomic E-state index is -1.17. The molecule has 1 aromatic carbocycles. The molecule has 0 aliphatic heterocycles. The van der Waals surface area contributed by atoms with Crippen molar-refractivity contribution in [2.24, 2.45) is 5.73 Å². The molecule has 1 aliphatic rings. The Morgan fingerprint density at radius 1 is 1.24 bits per heavy atom. The lowest BCUT2D eigenvalue weighted by atomic mass is 9.90. The zero-order valence-electron chi connectivity index (χ0n) is 12.4. The SMILES string of the molecule is C[C@@](NC(=O)CC1=CCCCC1)(C(N)=O)c1ccccc1. The third kappa shape index (κ3) is 3.72. The Morgan fingerprint density at radius 3 is 2.52 bits per heavy atom. The molecular formula is C17H22N2O2. The van der Waals surface area contributed by atoms with E-state index in [-0.39, 0.29) is 5.91 Å². The first-order valence-corrected chi connectivity index (χ1v) is 7.37. The van der Waals surface area contributed by atoms with Gasteiger partial charge in [-0.3, -0.25) is 9.59 Å². The van der Waals surface area contributed by atoms with Gasteiger partial charge in [-0.15, -0.1) is 0 Å². The zero-order chi connectivity index (χ0) is 15.3. The Hall–Kier alpha value is -2.10. The Kier molecular flexibility index (Phi) is 4.78. The summed E-state index contributed by atoms with van der Waals surface area (Å²) < 4.78 is 0. The van der Waals surface area contributed by atoms with Crippen LogP contribution in [0, 0.1) is 0 Å². The fourth-order valence-electron chi connectivity index (χ4n) is 2.64. The van der Waals surface area contributed by atoms with Gasteiger partial charge in [-0.25, -0.2) is 0 Å². The molecule has 1 aromatic rings. The van der Waals surface area contributed by atoms with Crippen LogP contribution in [0.25, 0.3) is 0 Å². The van der Waals surface area contributed by atoms with Crippen LogP contribution in [0.1, 0.15) is 44.6 Å². The molecule has 0 bridgehead atoms. The predicted molar refractivity (Wildman–Crippen MR) is 82.3 cm³/mol. The van der Waals surface area contributed by atoms with E-state index in [1.807, 2.05) is 18.2 Å². The second-order valence-electron chi connectivity index (χ2n) is 5.69. The molecular weight excluding hydrogens is 264 g/mol. The monoisotopic (exact) mass is 286 g/mol. The summed E-state index contributed by atoms with van der Waals surface area (Å²) in [6, 6.07) is 9.11. The summed E-state index contributed by atoms with van der Waals surface area (Å²) in [6.07, 6.45) is 6.79. The van der Waals surface area contributed by atoms with E-state index in [4.69, 9.17) is 5.73 Å². The van der Waals surface area contributed by atoms with E-state index in [0.717, 1.165) is 24.8 Å². The molecule has 3 N–H and O–H groups in total. The van der Waals surface area contributed by atoms with Crippen LogP contribution in [0.15, 0.2) is 42.0 Å². The molecule has 21 heavy (non-hydrogen) atoms. The van der Waals surface area contributed by atoms with Gasteiger partial charge in [0.1, 0.15) is 5.54 Å². The van der Waals surface area contributed by atoms with Crippen molar-refractivity contribution in [2.45, 2.75) is 44.6 Å². The van der Waals surface area contributed by atoms with E-state index in [9.17, 15) is 9.59 Å². The molecule has 2 rings (SSSR count). The molecule has 0 heterocycles. The van der Waals surface area contributed by atoms with E-state index >= 15 is 0 Å². The first-order chi connectivity index (χ1) is 10.0. The second kappa shape index (κ2) is 6.57. The Labute approximate surface area is 125 Å². The van der Waals surface area contributed by atoms with Crippen molar-refractivity contribution in [1.82, 2.24) is 5.32 Å². The van der Waals surface area contributed by atoms with Crippen LogP contribution in [-0.4, -0.2) is 11.8 Å². The zero-order valence-corrected chi connectivity index (χ0v) is 12.4. The van der Waals surface area contributed by atoms with Gasteiger partial charge in [-0.2, -0.15) is 0 Å². The lowest BCUT2D eigenvalue weighted by Gasteiger charge is -2.28. The predicted octanol–water partition coefficient (Wildman–Crippen LogP) is 2.39. The van der Waals surface area contributed by atoms with Crippen molar-refractivity contribution in [3.05, 3.63) is 47.5 Å². The third-order valence-corrected chi connectivity index (χ3v) is 4.01. The molecule has 4 heteroatoms. The molecule has 0 saturated carbocycles. The lowest BCUT2D eigenvalue weighted by Crippen LogP contribution is -2.52. The second-order valence-corrected chi connectivity index (χ2v) is 5.69. The summed E-state index contributed by atoms with van der Waals surface area (Å²) in [5.41, 5.74) is 6.19. The van der Waals surface area contributed by atoms with Crippen LogP contribution >= 0.6 is 0 Å². The number of hydrogen-bond donors (Lipinski definition) is 2. The Balaban J connectivity index is 2.11. The number of carbonyl (C=O) groups excluding carboxylic acids is 2. The molecule has 0 aromatic heterocycles. The third-order valence-electron chi connectivity index (χ3n) is 4.01. The number of benzene rings is 1. The molecule has 2 amide bonds. The summed E-state index contributed by atoms with van der Waals surface area (Å²) in [7, 11) is 0. The molecule has 1 atom stereocenters. The molecule has 112 valence electrons. The summed E-state index contributed by atoms with van der Waals surface area (Å²) in [4.78, 5) is 24.1. The average molecular weight is 286 g/mol. The molecule has 0 radical (unpaired) electrons. The first kappa shape index (κ1) is 15.3. The Morgan fingerprint density at radius 2 is 1.95 bits per heavy atom. The maximum atomic E-state index is 12.2. The van der Waals surface area contributed by atoms with Crippen LogP contribution in [0.5, 0.6) is 0 Å². The van der Waals surface area contributed by atoms with Crippen molar-refractivity contribution in [1.29, 1.82) is 0 Å². The highest BCUT2D eigenvalue weighted by atomic mass is 16.2. The van der Waals surface area contributed by atoms with Gasteiger partial charge >= 0.3 is 0 Å². The van der Waals surface area contributed by atoms with Crippen LogP contribution in [0.3, 0.4) is 0 Å². The van der Waals surface area contributed by atoms with E-state index in [1.54, 1.807) is 19.1 Å². The number of rotatable bonds is 5. The first-order valence-electron chi connectivity index (χ1n) is 7.37. The van der Waals surface area contributed by atoms with Crippen LogP contribution in [0.4, 0.5) is 0 Å². The standard InChI is InChI=1S/C17H22N2O2/c1-17(16(18)21,14-10-6-3-7-11-14)19-15(20)12-13-8-4-2-5-9-13/h3,6-8,10-11H,2,4-5,9,12H2,1H3,(H2,18,21)(H,19,20)/t17-/m0/s1.